The molecular weight excluding hydrogens is 444 g/mol. The van der Waals surface area contributed by atoms with Gasteiger partial charge in [-0.1, -0.05) is 31.9 Å². The van der Waals surface area contributed by atoms with Crippen molar-refractivity contribution < 1.29 is 0 Å². The molecule has 0 spiro atoms. The third-order valence-corrected chi connectivity index (χ3v) is 2.98. The standard InChI is InChI=1S/C8H16Br2N2.2BrH/c9-1-3-11-5-7-12(4-2-10)8-6-11;;/h1-8H2;2*1H. The van der Waals surface area contributed by atoms with Gasteiger partial charge in [-0.3, -0.25) is 9.80 Å². The summed E-state index contributed by atoms with van der Waals surface area (Å²) >= 11 is 6.94. The number of nitrogens with zero attached hydrogens (tertiary/aromatic N) is 2. The maximum Gasteiger partial charge on any atom is 0.0159 e. The van der Waals surface area contributed by atoms with Crippen molar-refractivity contribution in [2.24, 2.45) is 0 Å². The van der Waals surface area contributed by atoms with Gasteiger partial charge in [0.05, 0.1) is 0 Å². The molecule has 0 aromatic carbocycles. The molecule has 0 saturated carbocycles. The molecule has 1 rings (SSSR count). The molecular formula is C8H18Br4N2. The Bertz CT molecular complexity index is 104. The molecule has 88 valence electrons. The summed E-state index contributed by atoms with van der Waals surface area (Å²) in [5.74, 6) is 0. The van der Waals surface area contributed by atoms with Gasteiger partial charge >= 0.3 is 0 Å². The van der Waals surface area contributed by atoms with E-state index in [0.717, 1.165) is 10.7 Å². The van der Waals surface area contributed by atoms with Crippen LogP contribution >= 0.6 is 65.8 Å². The number of alkyl halides is 2. The van der Waals surface area contributed by atoms with Gasteiger partial charge < -0.3 is 0 Å². The van der Waals surface area contributed by atoms with E-state index in [0.29, 0.717) is 0 Å². The van der Waals surface area contributed by atoms with E-state index in [1.807, 2.05) is 0 Å². The summed E-state index contributed by atoms with van der Waals surface area (Å²) in [5, 5.41) is 2.21. The van der Waals surface area contributed by atoms with Gasteiger partial charge in [0.2, 0.25) is 0 Å². The van der Waals surface area contributed by atoms with E-state index in [9.17, 15) is 0 Å². The van der Waals surface area contributed by atoms with Crippen LogP contribution in [0.15, 0.2) is 0 Å². The molecule has 1 aliphatic heterocycles. The highest BCUT2D eigenvalue weighted by atomic mass is 79.9. The van der Waals surface area contributed by atoms with Crippen LogP contribution in [0.4, 0.5) is 0 Å². The monoisotopic (exact) mass is 458 g/mol. The van der Waals surface area contributed by atoms with E-state index in [2.05, 4.69) is 41.7 Å². The average molecular weight is 462 g/mol. The summed E-state index contributed by atoms with van der Waals surface area (Å²) in [4.78, 5) is 5.03. The summed E-state index contributed by atoms with van der Waals surface area (Å²) in [7, 11) is 0. The van der Waals surface area contributed by atoms with Gasteiger partial charge in [0, 0.05) is 49.9 Å². The van der Waals surface area contributed by atoms with Gasteiger partial charge in [-0.25, -0.2) is 0 Å². The van der Waals surface area contributed by atoms with Gasteiger partial charge in [0.15, 0.2) is 0 Å². The molecule has 0 unspecified atom stereocenters. The highest BCUT2D eigenvalue weighted by Gasteiger charge is 2.14. The number of halogens is 4. The summed E-state index contributed by atoms with van der Waals surface area (Å²) in [5.41, 5.74) is 0. The van der Waals surface area contributed by atoms with Crippen LogP contribution in [0.3, 0.4) is 0 Å². The molecule has 14 heavy (non-hydrogen) atoms. The minimum atomic E-state index is 0. The lowest BCUT2D eigenvalue weighted by atomic mass is 10.3. The number of hydrogen-bond acceptors (Lipinski definition) is 2. The maximum atomic E-state index is 3.47. The smallest absolute Gasteiger partial charge is 0.0159 e. The highest BCUT2D eigenvalue weighted by Crippen LogP contribution is 2.02. The zero-order chi connectivity index (χ0) is 8.81. The van der Waals surface area contributed by atoms with Crippen molar-refractivity contribution in [2.45, 2.75) is 0 Å². The summed E-state index contributed by atoms with van der Waals surface area (Å²) < 4.78 is 0. The molecule has 0 aromatic heterocycles. The van der Waals surface area contributed by atoms with E-state index in [1.165, 1.54) is 39.3 Å². The Morgan fingerprint density at radius 2 is 1.00 bits per heavy atom. The Balaban J connectivity index is 0. The summed E-state index contributed by atoms with van der Waals surface area (Å²) in [6.45, 7) is 7.33. The van der Waals surface area contributed by atoms with Crippen LogP contribution in [-0.4, -0.2) is 59.7 Å². The van der Waals surface area contributed by atoms with Crippen LogP contribution in [0.1, 0.15) is 0 Å². The lowest BCUT2D eigenvalue weighted by Gasteiger charge is -2.33. The first-order valence-electron chi connectivity index (χ1n) is 4.43. The van der Waals surface area contributed by atoms with Crippen molar-refractivity contribution in [2.75, 3.05) is 49.9 Å². The number of rotatable bonds is 4. The Morgan fingerprint density at radius 1 is 0.714 bits per heavy atom. The Morgan fingerprint density at radius 3 is 1.21 bits per heavy atom. The van der Waals surface area contributed by atoms with E-state index in [1.54, 1.807) is 0 Å². The lowest BCUT2D eigenvalue weighted by molar-refractivity contribution is 0.145. The minimum absolute atomic E-state index is 0. The van der Waals surface area contributed by atoms with Crippen molar-refractivity contribution >= 4 is 65.8 Å². The largest absolute Gasteiger partial charge is 0.300 e. The van der Waals surface area contributed by atoms with Crippen LogP contribution in [0.2, 0.25) is 0 Å². The molecule has 0 radical (unpaired) electrons. The van der Waals surface area contributed by atoms with Crippen LogP contribution in [0, 0.1) is 0 Å². The minimum Gasteiger partial charge on any atom is -0.300 e. The van der Waals surface area contributed by atoms with E-state index in [4.69, 9.17) is 0 Å². The van der Waals surface area contributed by atoms with Gasteiger partial charge in [-0.15, -0.1) is 34.0 Å². The number of hydrogen-bond donors (Lipinski definition) is 0. The topological polar surface area (TPSA) is 6.48 Å². The van der Waals surface area contributed by atoms with Crippen molar-refractivity contribution in [3.05, 3.63) is 0 Å². The number of piperazine rings is 1. The fourth-order valence-corrected chi connectivity index (χ4v) is 2.48. The lowest BCUT2D eigenvalue weighted by Crippen LogP contribution is -2.47. The van der Waals surface area contributed by atoms with Gasteiger partial charge in [-0.2, -0.15) is 0 Å². The molecule has 0 aliphatic carbocycles. The highest BCUT2D eigenvalue weighted by molar-refractivity contribution is 9.09. The molecule has 0 amide bonds. The average Bonchev–Trinajstić information content (AvgIpc) is 2.09. The normalized spacial score (nSPS) is 18.4. The predicted octanol–water partition coefficient (Wildman–Crippen LogP) is 2.55. The Hall–Kier alpha value is 1.84. The fraction of sp³-hybridized carbons (Fsp3) is 1.00. The van der Waals surface area contributed by atoms with Crippen molar-refractivity contribution in [3.8, 4) is 0 Å². The third-order valence-electron chi connectivity index (χ3n) is 2.27. The third kappa shape index (κ3) is 7.17. The quantitative estimate of drug-likeness (QED) is 0.594. The van der Waals surface area contributed by atoms with Crippen LogP contribution in [0.25, 0.3) is 0 Å². The molecule has 0 aromatic rings. The molecule has 0 atom stereocenters. The van der Waals surface area contributed by atoms with Crippen molar-refractivity contribution in [1.82, 2.24) is 9.80 Å². The van der Waals surface area contributed by atoms with Gasteiger partial charge in [0.25, 0.3) is 0 Å². The van der Waals surface area contributed by atoms with Gasteiger partial charge in [-0.05, 0) is 0 Å². The van der Waals surface area contributed by atoms with Crippen molar-refractivity contribution in [3.63, 3.8) is 0 Å². The second-order valence-electron chi connectivity index (χ2n) is 3.06. The first-order valence-corrected chi connectivity index (χ1v) is 6.67. The molecule has 1 heterocycles. The molecule has 0 bridgehead atoms. The van der Waals surface area contributed by atoms with E-state index in [-0.39, 0.29) is 34.0 Å². The fourth-order valence-electron chi connectivity index (χ4n) is 1.48. The van der Waals surface area contributed by atoms with Gasteiger partial charge in [0.1, 0.15) is 0 Å². The zero-order valence-corrected chi connectivity index (χ0v) is 14.7. The Kier molecular flexibility index (Phi) is 14.7. The first-order chi connectivity index (χ1) is 5.86. The first kappa shape index (κ1) is 18.2. The second kappa shape index (κ2) is 11.3. The molecule has 0 N–H and O–H groups in total. The molecule has 6 heteroatoms. The maximum absolute atomic E-state index is 3.47. The van der Waals surface area contributed by atoms with E-state index >= 15 is 0 Å². The van der Waals surface area contributed by atoms with Crippen molar-refractivity contribution in [1.29, 1.82) is 0 Å². The zero-order valence-electron chi connectivity index (χ0n) is 8.12. The van der Waals surface area contributed by atoms with Crippen LogP contribution < -0.4 is 0 Å². The second-order valence-corrected chi connectivity index (χ2v) is 4.65. The molecule has 1 fully saturated rings. The summed E-state index contributed by atoms with van der Waals surface area (Å²) in [6.07, 6.45) is 0. The summed E-state index contributed by atoms with van der Waals surface area (Å²) in [6, 6.07) is 0. The molecule has 1 aliphatic rings. The van der Waals surface area contributed by atoms with E-state index < -0.39 is 0 Å². The van der Waals surface area contributed by atoms with Crippen LogP contribution in [0.5, 0.6) is 0 Å². The Labute approximate surface area is 125 Å². The molecule has 1 saturated heterocycles. The molecule has 2 nitrogen and oxygen atoms in total. The van der Waals surface area contributed by atoms with Crippen LogP contribution in [-0.2, 0) is 0 Å². The predicted molar refractivity (Wildman–Crippen MR) is 81.1 cm³/mol. The SMILES string of the molecule is Br.Br.BrCCN1CCN(CCBr)CC1.